The van der Waals surface area contributed by atoms with Crippen molar-refractivity contribution in [1.29, 1.82) is 0 Å². The van der Waals surface area contributed by atoms with Crippen LogP contribution in [0.25, 0.3) is 0 Å². The van der Waals surface area contributed by atoms with E-state index in [1.165, 1.54) is 6.42 Å². The van der Waals surface area contributed by atoms with Gasteiger partial charge in [-0.15, -0.1) is 0 Å². The second-order valence-corrected chi connectivity index (χ2v) is 4.27. The van der Waals surface area contributed by atoms with Crippen molar-refractivity contribution in [3.05, 3.63) is 0 Å². The van der Waals surface area contributed by atoms with Gasteiger partial charge >= 0.3 is 0 Å². The van der Waals surface area contributed by atoms with Gasteiger partial charge < -0.3 is 16.2 Å². The molecular weight excluding hydrogens is 206 g/mol. The molecule has 0 aromatic heterocycles. The van der Waals surface area contributed by atoms with E-state index in [-0.39, 0.29) is 12.5 Å². The molecule has 1 fully saturated rings. The van der Waals surface area contributed by atoms with Crippen LogP contribution in [0, 0.1) is 0 Å². The molecule has 5 heteroatoms. The van der Waals surface area contributed by atoms with Crippen molar-refractivity contribution in [2.45, 2.75) is 31.7 Å². The zero-order valence-corrected chi connectivity index (χ0v) is 9.82. The van der Waals surface area contributed by atoms with Crippen molar-refractivity contribution in [3.8, 4) is 0 Å². The molecule has 0 aromatic rings. The maximum absolute atomic E-state index is 11.5. The summed E-state index contributed by atoms with van der Waals surface area (Å²) >= 11 is 0. The first-order valence-corrected chi connectivity index (χ1v) is 6.09. The van der Waals surface area contributed by atoms with Crippen molar-refractivity contribution in [2.75, 3.05) is 32.8 Å². The second-order valence-electron chi connectivity index (χ2n) is 4.27. The number of amides is 1. The number of nitrogens with two attached hydrogens (primary N) is 1. The highest BCUT2D eigenvalue weighted by atomic mass is 16.3. The minimum atomic E-state index is 0.0373. The lowest BCUT2D eigenvalue weighted by Gasteiger charge is -2.34. The average Bonchev–Trinajstić information content (AvgIpc) is 2.29. The zero-order valence-electron chi connectivity index (χ0n) is 9.82. The molecule has 4 N–H and O–H groups in total. The Balaban J connectivity index is 2.33. The van der Waals surface area contributed by atoms with E-state index in [0.29, 0.717) is 25.7 Å². The normalized spacial score (nSPS) is 22.0. The van der Waals surface area contributed by atoms with Crippen molar-refractivity contribution in [1.82, 2.24) is 10.2 Å². The van der Waals surface area contributed by atoms with Crippen LogP contribution >= 0.6 is 0 Å². The second kappa shape index (κ2) is 7.60. The van der Waals surface area contributed by atoms with Gasteiger partial charge in [-0.3, -0.25) is 9.69 Å². The van der Waals surface area contributed by atoms with Crippen LogP contribution in [0.2, 0.25) is 0 Å². The summed E-state index contributed by atoms with van der Waals surface area (Å²) in [7, 11) is 0. The van der Waals surface area contributed by atoms with E-state index < -0.39 is 0 Å². The van der Waals surface area contributed by atoms with Gasteiger partial charge in [0, 0.05) is 25.7 Å². The molecule has 5 nitrogen and oxygen atoms in total. The van der Waals surface area contributed by atoms with E-state index >= 15 is 0 Å². The molecule has 0 bridgehead atoms. The first-order valence-electron chi connectivity index (χ1n) is 6.09. The molecule has 94 valence electrons. The van der Waals surface area contributed by atoms with Crippen LogP contribution < -0.4 is 11.1 Å². The summed E-state index contributed by atoms with van der Waals surface area (Å²) in [5.74, 6) is 0.0373. The van der Waals surface area contributed by atoms with Gasteiger partial charge in [0.05, 0.1) is 6.54 Å². The van der Waals surface area contributed by atoms with Gasteiger partial charge in [0.2, 0.25) is 5.91 Å². The first-order chi connectivity index (χ1) is 7.77. The van der Waals surface area contributed by atoms with E-state index in [1.807, 2.05) is 0 Å². The van der Waals surface area contributed by atoms with E-state index in [1.54, 1.807) is 0 Å². The molecule has 1 saturated heterocycles. The van der Waals surface area contributed by atoms with Gasteiger partial charge in [-0.25, -0.2) is 0 Å². The topological polar surface area (TPSA) is 78.6 Å². The van der Waals surface area contributed by atoms with Crippen LogP contribution in [0.1, 0.15) is 25.7 Å². The Labute approximate surface area is 97.0 Å². The number of nitrogens with one attached hydrogen (secondary N) is 1. The Morgan fingerprint density at radius 2 is 2.31 bits per heavy atom. The van der Waals surface area contributed by atoms with Crippen molar-refractivity contribution >= 4 is 5.91 Å². The zero-order chi connectivity index (χ0) is 11.8. The summed E-state index contributed by atoms with van der Waals surface area (Å²) in [6, 6.07) is 0.363. The molecule has 0 radical (unpaired) electrons. The van der Waals surface area contributed by atoms with E-state index in [2.05, 4.69) is 10.2 Å². The first kappa shape index (κ1) is 13.4. The van der Waals surface area contributed by atoms with Crippen LogP contribution in [0.15, 0.2) is 0 Å². The number of rotatable bonds is 6. The predicted octanol–water partition coefficient (Wildman–Crippen LogP) is -0.702. The fourth-order valence-corrected chi connectivity index (χ4v) is 2.20. The standard InChI is InChI=1S/C11H23N3O2/c12-5-6-13-11(16)9-14-7-2-1-3-10(14)4-8-15/h10,15H,1-9,12H2,(H,13,16). The number of piperidine rings is 1. The Bertz CT molecular complexity index is 209. The molecule has 0 aromatic carbocycles. The Morgan fingerprint density at radius 1 is 1.50 bits per heavy atom. The third-order valence-corrected chi connectivity index (χ3v) is 3.02. The Hall–Kier alpha value is -0.650. The van der Waals surface area contributed by atoms with Crippen molar-refractivity contribution < 1.29 is 9.90 Å². The lowest BCUT2D eigenvalue weighted by molar-refractivity contribution is -0.123. The van der Waals surface area contributed by atoms with Gasteiger partial charge in [0.25, 0.3) is 0 Å². The number of carbonyl (C=O) groups is 1. The van der Waals surface area contributed by atoms with E-state index in [4.69, 9.17) is 10.8 Å². The monoisotopic (exact) mass is 229 g/mol. The molecule has 0 aliphatic carbocycles. The summed E-state index contributed by atoms with van der Waals surface area (Å²) < 4.78 is 0. The molecule has 1 aliphatic rings. The summed E-state index contributed by atoms with van der Waals surface area (Å²) in [5, 5.41) is 11.7. The third-order valence-electron chi connectivity index (χ3n) is 3.02. The molecular formula is C11H23N3O2. The highest BCUT2D eigenvalue weighted by Crippen LogP contribution is 2.18. The van der Waals surface area contributed by atoms with Crippen molar-refractivity contribution in [2.24, 2.45) is 5.73 Å². The van der Waals surface area contributed by atoms with Gasteiger partial charge in [0.15, 0.2) is 0 Å². The molecule has 0 spiro atoms. The molecule has 0 saturated carbocycles. The van der Waals surface area contributed by atoms with Gasteiger partial charge in [-0.2, -0.15) is 0 Å². The van der Waals surface area contributed by atoms with E-state index in [0.717, 1.165) is 25.8 Å². The van der Waals surface area contributed by atoms with Crippen LogP contribution in [0.5, 0.6) is 0 Å². The highest BCUT2D eigenvalue weighted by Gasteiger charge is 2.23. The molecule has 1 unspecified atom stereocenters. The quantitative estimate of drug-likeness (QED) is 0.563. The van der Waals surface area contributed by atoms with Crippen LogP contribution in [-0.4, -0.2) is 54.7 Å². The van der Waals surface area contributed by atoms with Crippen LogP contribution in [0.4, 0.5) is 0 Å². The highest BCUT2D eigenvalue weighted by molar-refractivity contribution is 5.78. The summed E-state index contributed by atoms with van der Waals surface area (Å²) in [4.78, 5) is 13.7. The maximum atomic E-state index is 11.5. The largest absolute Gasteiger partial charge is 0.396 e. The third kappa shape index (κ3) is 4.47. The van der Waals surface area contributed by atoms with Gasteiger partial charge in [0.1, 0.15) is 0 Å². The molecule has 16 heavy (non-hydrogen) atoms. The van der Waals surface area contributed by atoms with E-state index in [9.17, 15) is 4.79 Å². The average molecular weight is 229 g/mol. The summed E-state index contributed by atoms with van der Waals surface area (Å²) in [6.07, 6.45) is 4.20. The number of aliphatic hydroxyl groups is 1. The number of aliphatic hydroxyl groups excluding tert-OH is 1. The Morgan fingerprint density at radius 3 is 3.00 bits per heavy atom. The predicted molar refractivity (Wildman–Crippen MR) is 63.0 cm³/mol. The SMILES string of the molecule is NCCNC(=O)CN1CCCCC1CCO. The fraction of sp³-hybridized carbons (Fsp3) is 0.909. The summed E-state index contributed by atoms with van der Waals surface area (Å²) in [6.45, 7) is 2.61. The lowest BCUT2D eigenvalue weighted by atomic mass is 10.00. The Kier molecular flexibility index (Phi) is 6.37. The van der Waals surface area contributed by atoms with Gasteiger partial charge in [-0.05, 0) is 25.8 Å². The number of hydrogen-bond donors (Lipinski definition) is 3. The minimum absolute atomic E-state index is 0.0373. The van der Waals surface area contributed by atoms with Crippen LogP contribution in [0.3, 0.4) is 0 Å². The molecule has 1 amide bonds. The number of hydrogen-bond acceptors (Lipinski definition) is 4. The molecule has 1 rings (SSSR count). The minimum Gasteiger partial charge on any atom is -0.396 e. The van der Waals surface area contributed by atoms with Crippen LogP contribution in [-0.2, 0) is 4.79 Å². The smallest absolute Gasteiger partial charge is 0.234 e. The molecule has 1 heterocycles. The van der Waals surface area contributed by atoms with Crippen molar-refractivity contribution in [3.63, 3.8) is 0 Å². The number of carbonyl (C=O) groups excluding carboxylic acids is 1. The molecule has 1 atom stereocenters. The number of likely N-dealkylation sites (tertiary alicyclic amines) is 1. The fourth-order valence-electron chi connectivity index (χ4n) is 2.20. The molecule has 1 aliphatic heterocycles. The van der Waals surface area contributed by atoms with Gasteiger partial charge in [-0.1, -0.05) is 6.42 Å². The lowest BCUT2D eigenvalue weighted by Crippen LogP contribution is -2.46. The maximum Gasteiger partial charge on any atom is 0.234 e. The number of nitrogens with zero attached hydrogens (tertiary/aromatic N) is 1. The summed E-state index contributed by atoms with van der Waals surface area (Å²) in [5.41, 5.74) is 5.32.